The largest absolute Gasteiger partial charge is 0.496 e. The molecule has 444 valence electrons. The number of benzene rings is 7. The van der Waals surface area contributed by atoms with Crippen LogP contribution in [0.5, 0.6) is 11.5 Å². The van der Waals surface area contributed by atoms with Gasteiger partial charge in [0.05, 0.1) is 47.5 Å². The highest BCUT2D eigenvalue weighted by atomic mass is 32.2. The summed E-state index contributed by atoms with van der Waals surface area (Å²) in [5, 5.41) is 49.8. The van der Waals surface area contributed by atoms with Crippen LogP contribution in [-0.4, -0.2) is 108 Å². The number of rotatable bonds is 26. The van der Waals surface area contributed by atoms with Crippen molar-refractivity contribution in [3.05, 3.63) is 183 Å². The average Bonchev–Trinajstić information content (AvgIpc) is 0.886. The summed E-state index contributed by atoms with van der Waals surface area (Å²) in [6.07, 6.45) is 4.39. The van der Waals surface area contributed by atoms with Crippen molar-refractivity contribution >= 4 is 97.4 Å². The molecule has 0 bridgehead atoms. The van der Waals surface area contributed by atoms with Crippen molar-refractivity contribution in [2.45, 2.75) is 25.7 Å². The number of hydrogen-bond acceptors (Lipinski definition) is 17. The smallest absolute Gasteiger partial charge is 0.336 e. The number of nitriles is 1. The number of nitrogens with zero attached hydrogens (tertiary/aromatic N) is 8. The Morgan fingerprint density at radius 1 is 0.759 bits per heavy atom. The number of carboxylic acid groups (broad SMARTS) is 1. The molecule has 0 saturated carbocycles. The van der Waals surface area contributed by atoms with Gasteiger partial charge in [0.1, 0.15) is 28.5 Å². The Morgan fingerprint density at radius 2 is 1.47 bits per heavy atom. The van der Waals surface area contributed by atoms with Gasteiger partial charge in [-0.15, -0.1) is 16.9 Å². The van der Waals surface area contributed by atoms with Gasteiger partial charge in [0.25, 0.3) is 11.6 Å². The third kappa shape index (κ3) is 16.4. The molecule has 2 aliphatic rings. The number of aromatic carboxylic acids is 1. The number of aliphatic imine (C=N–C) groups is 1. The lowest BCUT2D eigenvalue weighted by atomic mass is 9.89. The van der Waals surface area contributed by atoms with Gasteiger partial charge in [-0.3, -0.25) is 34.5 Å². The topological polar surface area (TPSA) is 279 Å². The lowest BCUT2D eigenvalue weighted by molar-refractivity contribution is -0.384. The highest BCUT2D eigenvalue weighted by Gasteiger charge is 2.24. The number of ether oxygens (including phenoxy) is 2. The van der Waals surface area contributed by atoms with Crippen LogP contribution < -0.4 is 40.6 Å². The number of carbonyl (C=O) groups is 4. The van der Waals surface area contributed by atoms with Crippen LogP contribution in [0.1, 0.15) is 57.5 Å². The lowest BCUT2D eigenvalue weighted by Crippen LogP contribution is -2.27. The van der Waals surface area contributed by atoms with Crippen molar-refractivity contribution in [2.24, 2.45) is 20.2 Å². The van der Waals surface area contributed by atoms with E-state index in [1.165, 1.54) is 56.3 Å². The number of nitro groups is 1. The number of fused-ring (bicyclic) bond motifs is 2. The Labute approximate surface area is 506 Å². The minimum atomic E-state index is -1.15. The molecule has 0 unspecified atom stereocenters. The van der Waals surface area contributed by atoms with Crippen LogP contribution >= 0.6 is 11.8 Å². The van der Waals surface area contributed by atoms with Gasteiger partial charge in [-0.25, -0.2) is 4.79 Å². The summed E-state index contributed by atoms with van der Waals surface area (Å²) in [6.45, 7) is 1.20. The molecule has 0 atom stereocenters. The van der Waals surface area contributed by atoms with Gasteiger partial charge in [-0.2, -0.15) is 10.4 Å². The number of non-ortho nitro benzene ring substituents is 1. The number of anilines is 3. The summed E-state index contributed by atoms with van der Waals surface area (Å²) in [4.78, 5) is 76.0. The summed E-state index contributed by atoms with van der Waals surface area (Å²) in [5.41, 5.74) is 7.69. The van der Waals surface area contributed by atoms with Crippen LogP contribution in [0, 0.1) is 21.4 Å². The predicted octanol–water partition coefficient (Wildman–Crippen LogP) is 12.4. The first-order chi connectivity index (χ1) is 42.0. The number of nitro benzene ring substituents is 1. The highest BCUT2D eigenvalue weighted by molar-refractivity contribution is 8.08. The molecule has 6 aromatic carbocycles. The first-order valence-corrected chi connectivity index (χ1v) is 28.5. The quantitative estimate of drug-likeness (QED) is 0.00746. The van der Waals surface area contributed by atoms with Crippen molar-refractivity contribution in [1.82, 2.24) is 10.6 Å². The third-order valence-corrected chi connectivity index (χ3v) is 14.9. The van der Waals surface area contributed by atoms with E-state index in [2.05, 4.69) is 42.2 Å². The van der Waals surface area contributed by atoms with E-state index < -0.39 is 16.8 Å². The van der Waals surface area contributed by atoms with E-state index in [0.717, 1.165) is 16.9 Å². The fourth-order valence-corrected chi connectivity index (χ4v) is 10.1. The highest BCUT2D eigenvalue weighted by Crippen LogP contribution is 2.43. The van der Waals surface area contributed by atoms with Gasteiger partial charge in [0.2, 0.25) is 11.8 Å². The zero-order valence-corrected chi connectivity index (χ0v) is 49.5. The Hall–Kier alpha value is -10.7. The molecule has 8 rings (SSSR count). The molecule has 4 N–H and O–H groups in total. The van der Waals surface area contributed by atoms with Crippen molar-refractivity contribution in [3.8, 4) is 40.0 Å². The summed E-state index contributed by atoms with van der Waals surface area (Å²) >= 11 is 1.43. The van der Waals surface area contributed by atoms with Crippen molar-refractivity contribution < 1.29 is 43.1 Å². The summed E-state index contributed by atoms with van der Waals surface area (Å²) in [7, 11) is 10.5. The number of hydrogen-bond donors (Lipinski definition) is 4. The van der Waals surface area contributed by atoms with Crippen LogP contribution in [0.25, 0.3) is 38.3 Å². The second-order valence-corrected chi connectivity index (χ2v) is 21.0. The summed E-state index contributed by atoms with van der Waals surface area (Å²) in [5.74, 6) is 0.00933. The number of azo groups is 1. The van der Waals surface area contributed by atoms with Crippen molar-refractivity contribution in [1.29, 1.82) is 5.26 Å². The first kappa shape index (κ1) is 62.4. The van der Waals surface area contributed by atoms with Gasteiger partial charge >= 0.3 is 5.97 Å². The molecule has 22 heteroatoms. The molecule has 1 heterocycles. The number of carbonyl (C=O) groups excluding carboxylic acids is 3. The Kier molecular flexibility index (Phi) is 21.3. The SMILES string of the molecule is C/N=c1/ccc2c(-c3cc(C(=O)NCCCC(=O)Nc4ccc(C(=CC#N)SCCNC(=O)CCCN(C)c5ccc(/N=N/c6cc(OC)c(/C=N/c7ccc([N+](=O)[O-])cc7)cc6OC)cc5)cc4)ccc3C(=O)O)c3ccc(N(C)C)cc3oc-2c1. The number of nitrogens with one attached hydrogen (secondary N) is 3. The normalized spacial score (nSPS) is 11.6. The van der Waals surface area contributed by atoms with E-state index in [9.17, 15) is 39.7 Å². The zero-order valence-electron chi connectivity index (χ0n) is 48.7. The molecule has 1 aliphatic carbocycles. The number of methoxy groups -OCH3 is 2. The maximum Gasteiger partial charge on any atom is 0.336 e. The number of allylic oxidation sites excluding steroid dienone is 1. The van der Waals surface area contributed by atoms with Crippen molar-refractivity contribution in [2.75, 3.05) is 82.9 Å². The van der Waals surface area contributed by atoms with Crippen LogP contribution in [0.2, 0.25) is 0 Å². The molecule has 0 radical (unpaired) electrons. The number of carboxylic acids is 1. The molecule has 0 spiro atoms. The maximum absolute atomic E-state index is 13.6. The van der Waals surface area contributed by atoms with E-state index in [1.54, 1.807) is 73.9 Å². The lowest BCUT2D eigenvalue weighted by Gasteiger charge is -2.19. The monoisotopic (exact) mass is 1190 g/mol. The summed E-state index contributed by atoms with van der Waals surface area (Å²) < 4.78 is 17.5. The average molecular weight is 1190 g/mol. The van der Waals surface area contributed by atoms with Crippen LogP contribution in [0.3, 0.4) is 0 Å². The second kappa shape index (κ2) is 29.7. The number of amides is 3. The van der Waals surface area contributed by atoms with E-state index >= 15 is 0 Å². The summed E-state index contributed by atoms with van der Waals surface area (Å²) in [6, 6.07) is 41.6. The molecule has 3 amide bonds. The first-order valence-electron chi connectivity index (χ1n) is 27.5. The van der Waals surface area contributed by atoms with Gasteiger partial charge in [0, 0.05) is 159 Å². The second-order valence-electron chi connectivity index (χ2n) is 19.9. The van der Waals surface area contributed by atoms with E-state index in [4.69, 9.17) is 13.9 Å². The molecule has 87 heavy (non-hydrogen) atoms. The van der Waals surface area contributed by atoms with Gasteiger partial charge in [0.15, 0.2) is 0 Å². The van der Waals surface area contributed by atoms with Crippen molar-refractivity contribution in [3.63, 3.8) is 0 Å². The molecule has 0 aromatic heterocycles. The van der Waals surface area contributed by atoms with E-state index in [1.807, 2.05) is 85.5 Å². The van der Waals surface area contributed by atoms with Crippen LogP contribution in [0.15, 0.2) is 170 Å². The fraction of sp³-hybridized carbons (Fsp3) is 0.215. The fourth-order valence-electron chi connectivity index (χ4n) is 9.23. The van der Waals surface area contributed by atoms with E-state index in [-0.39, 0.29) is 41.6 Å². The Balaban J connectivity index is 0.754. The van der Waals surface area contributed by atoms with Crippen LogP contribution in [-0.2, 0) is 9.59 Å². The predicted molar refractivity (Wildman–Crippen MR) is 340 cm³/mol. The van der Waals surface area contributed by atoms with E-state index in [0.29, 0.717) is 122 Å². The van der Waals surface area contributed by atoms with Gasteiger partial charge < -0.3 is 44.7 Å². The van der Waals surface area contributed by atoms with Gasteiger partial charge in [-0.05, 0) is 121 Å². The molecule has 1 aliphatic heterocycles. The maximum atomic E-state index is 13.6. The molecule has 6 aromatic rings. The Bertz CT molecular complexity index is 4010. The third-order valence-electron chi connectivity index (χ3n) is 13.8. The molecule has 0 saturated heterocycles. The minimum absolute atomic E-state index is 0.0152. The van der Waals surface area contributed by atoms with Gasteiger partial charge in [-0.1, -0.05) is 12.1 Å². The van der Waals surface area contributed by atoms with Crippen LogP contribution in [0.4, 0.5) is 39.8 Å². The molecular weight excluding hydrogens is 1130 g/mol. The minimum Gasteiger partial charge on any atom is -0.496 e. The zero-order chi connectivity index (χ0) is 62.0. The molecular formula is C65H63N11O10S. The standard InChI is InChI=1S/C65H63N11O10S/c1-67-47-20-27-52-57(37-47)86-58-38-50(74(2)3)25-28-53(58)63(52)54-35-42(13-26-51(54)65(80)81)64(79)69-31-7-9-62(78)71-45-14-11-41(12-15-45)60(29-30-66)87-34-32-68-61(77)10-8-33-75(4)48-21-18-46(19-22-48)72-73-55-39-56(84-5)43(36-59(55)85-6)40-70-44-16-23-49(24-17-44)76(82)83/h11-29,35-40H,7-10,31-34H2,1-6H3,(H,68,77)(H,69,79)(H,71,78)(H,80,81)/b60-29?,67-47-,70-40+,73-72+. The molecule has 21 nitrogen and oxygen atoms in total. The number of thioether (sulfide) groups is 1. The molecule has 0 fully saturated rings. The Morgan fingerprint density at radius 3 is 2.16 bits per heavy atom.